The molecule has 1 aliphatic heterocycles. The second kappa shape index (κ2) is 8.02. The number of nitrogens with zero attached hydrogens (tertiary/aromatic N) is 1. The van der Waals surface area contributed by atoms with Crippen molar-refractivity contribution in [3.8, 4) is 0 Å². The van der Waals surface area contributed by atoms with Gasteiger partial charge in [0.1, 0.15) is 5.82 Å². The molecule has 0 atom stereocenters. The number of halogens is 1. The van der Waals surface area contributed by atoms with Crippen LogP contribution in [0.3, 0.4) is 0 Å². The van der Waals surface area contributed by atoms with Gasteiger partial charge in [-0.1, -0.05) is 12.1 Å². The van der Waals surface area contributed by atoms with Crippen molar-refractivity contribution in [3.63, 3.8) is 0 Å². The van der Waals surface area contributed by atoms with E-state index in [0.29, 0.717) is 29.4 Å². The lowest BCUT2D eigenvalue weighted by atomic mass is 10.2. The van der Waals surface area contributed by atoms with Crippen LogP contribution in [0, 0.1) is 5.82 Å². The maximum absolute atomic E-state index is 13.5. The highest BCUT2D eigenvalue weighted by molar-refractivity contribution is 7.99. The van der Waals surface area contributed by atoms with E-state index in [2.05, 4.69) is 10.6 Å². The highest BCUT2D eigenvalue weighted by atomic mass is 32.2. The Balaban J connectivity index is 1.48. The normalized spacial score (nSPS) is 13.6. The predicted octanol–water partition coefficient (Wildman–Crippen LogP) is 3.48. The summed E-state index contributed by atoms with van der Waals surface area (Å²) in [6.45, 7) is 1.27. The van der Waals surface area contributed by atoms with Crippen molar-refractivity contribution in [1.29, 1.82) is 0 Å². The van der Waals surface area contributed by atoms with Crippen LogP contribution in [-0.2, 0) is 4.79 Å². The molecule has 3 amide bonds. The highest BCUT2D eigenvalue weighted by Crippen LogP contribution is 2.22. The van der Waals surface area contributed by atoms with Crippen molar-refractivity contribution in [2.75, 3.05) is 29.1 Å². The minimum Gasteiger partial charge on any atom is -0.336 e. The van der Waals surface area contributed by atoms with E-state index in [0.717, 1.165) is 5.69 Å². The quantitative estimate of drug-likeness (QED) is 0.777. The van der Waals surface area contributed by atoms with Crippen molar-refractivity contribution < 1.29 is 14.0 Å². The van der Waals surface area contributed by atoms with Crippen molar-refractivity contribution in [3.05, 3.63) is 54.3 Å². The second-order valence-corrected chi connectivity index (χ2v) is 6.64. The van der Waals surface area contributed by atoms with Gasteiger partial charge in [0.25, 0.3) is 0 Å². The number of rotatable bonds is 6. The van der Waals surface area contributed by atoms with Crippen LogP contribution in [0.25, 0.3) is 0 Å². The number of thioether (sulfide) groups is 1. The summed E-state index contributed by atoms with van der Waals surface area (Å²) in [4.78, 5) is 25.8. The van der Waals surface area contributed by atoms with E-state index in [4.69, 9.17) is 0 Å². The molecule has 3 rings (SSSR count). The molecule has 5 nitrogen and oxygen atoms in total. The van der Waals surface area contributed by atoms with E-state index in [-0.39, 0.29) is 24.2 Å². The van der Waals surface area contributed by atoms with Crippen LogP contribution in [0.1, 0.15) is 6.42 Å². The lowest BCUT2D eigenvalue weighted by Crippen LogP contribution is -2.27. The molecule has 2 N–H and O–H groups in total. The summed E-state index contributed by atoms with van der Waals surface area (Å²) < 4.78 is 13.5. The minimum atomic E-state index is -0.269. The fourth-order valence-corrected chi connectivity index (χ4v) is 3.37. The molecule has 7 heteroatoms. The number of carbonyl (C=O) groups excluding carboxylic acids is 2. The molecule has 0 saturated carbocycles. The summed E-state index contributed by atoms with van der Waals surface area (Å²) in [6, 6.07) is 13.5. The van der Waals surface area contributed by atoms with Crippen LogP contribution in [0.15, 0.2) is 53.4 Å². The number of carbonyl (C=O) groups is 2. The molecule has 1 saturated heterocycles. The molecule has 0 aliphatic carbocycles. The van der Waals surface area contributed by atoms with Crippen LogP contribution < -0.4 is 15.5 Å². The van der Waals surface area contributed by atoms with Crippen molar-refractivity contribution in [1.82, 2.24) is 5.32 Å². The molecule has 0 spiro atoms. The lowest BCUT2D eigenvalue weighted by molar-refractivity contribution is -0.115. The Kier molecular flexibility index (Phi) is 5.55. The molecule has 0 bridgehead atoms. The third-order valence-electron chi connectivity index (χ3n) is 3.74. The summed E-state index contributed by atoms with van der Waals surface area (Å²) in [6.07, 6.45) is 0.287. The molecule has 25 heavy (non-hydrogen) atoms. The van der Waals surface area contributed by atoms with E-state index in [1.54, 1.807) is 47.4 Å². The number of hydrogen-bond acceptors (Lipinski definition) is 3. The molecule has 2 aromatic rings. The van der Waals surface area contributed by atoms with Gasteiger partial charge < -0.3 is 10.6 Å². The summed E-state index contributed by atoms with van der Waals surface area (Å²) in [7, 11) is 0. The molecule has 0 aromatic heterocycles. The van der Waals surface area contributed by atoms with Gasteiger partial charge in [0.05, 0.1) is 0 Å². The number of anilines is 2. The highest BCUT2D eigenvalue weighted by Gasteiger charge is 2.20. The molecule has 1 heterocycles. The van der Waals surface area contributed by atoms with E-state index in [9.17, 15) is 14.0 Å². The molecule has 0 unspecified atom stereocenters. The Morgan fingerprint density at radius 2 is 1.96 bits per heavy atom. The first-order chi connectivity index (χ1) is 12.1. The average Bonchev–Trinajstić information content (AvgIpc) is 3.03. The molecular formula is C18H18FN3O2S. The van der Waals surface area contributed by atoms with Gasteiger partial charge in [-0.15, -0.1) is 11.8 Å². The fraction of sp³-hybridized carbons (Fsp3) is 0.222. The molecule has 2 aromatic carbocycles. The van der Waals surface area contributed by atoms with Gasteiger partial charge in [-0.2, -0.15) is 0 Å². The van der Waals surface area contributed by atoms with Crippen LogP contribution >= 0.6 is 11.8 Å². The molecular weight excluding hydrogens is 341 g/mol. The van der Waals surface area contributed by atoms with E-state index < -0.39 is 0 Å². The monoisotopic (exact) mass is 359 g/mol. The first kappa shape index (κ1) is 17.3. The Bertz CT molecular complexity index is 767. The fourth-order valence-electron chi connectivity index (χ4n) is 2.48. The maximum Gasteiger partial charge on any atom is 0.321 e. The molecule has 130 valence electrons. The van der Waals surface area contributed by atoms with Gasteiger partial charge in [0.15, 0.2) is 0 Å². The van der Waals surface area contributed by atoms with Gasteiger partial charge in [0, 0.05) is 41.5 Å². The van der Waals surface area contributed by atoms with Gasteiger partial charge in [-0.05, 0) is 36.4 Å². The third-order valence-corrected chi connectivity index (χ3v) is 4.79. The topological polar surface area (TPSA) is 61.4 Å². The van der Waals surface area contributed by atoms with Crippen LogP contribution in [0.4, 0.5) is 20.6 Å². The van der Waals surface area contributed by atoms with Crippen molar-refractivity contribution in [2.24, 2.45) is 0 Å². The Morgan fingerprint density at radius 3 is 2.64 bits per heavy atom. The Labute approximate surface area is 149 Å². The summed E-state index contributed by atoms with van der Waals surface area (Å²) in [5.74, 6) is 0.101. The molecule has 1 aliphatic rings. The van der Waals surface area contributed by atoms with Gasteiger partial charge in [0.2, 0.25) is 5.91 Å². The first-order valence-corrected chi connectivity index (χ1v) is 8.94. The zero-order valence-electron chi connectivity index (χ0n) is 13.5. The predicted molar refractivity (Wildman–Crippen MR) is 97.6 cm³/mol. The minimum absolute atomic E-state index is 0.109. The van der Waals surface area contributed by atoms with Crippen LogP contribution in [-0.4, -0.2) is 30.8 Å². The zero-order chi connectivity index (χ0) is 17.6. The van der Waals surface area contributed by atoms with E-state index in [1.165, 1.54) is 17.8 Å². The number of nitrogens with one attached hydrogen (secondary N) is 2. The summed E-state index contributed by atoms with van der Waals surface area (Å²) in [5, 5.41) is 5.55. The van der Waals surface area contributed by atoms with Gasteiger partial charge >= 0.3 is 6.03 Å². The van der Waals surface area contributed by atoms with Crippen LogP contribution in [0.5, 0.6) is 0 Å². The second-order valence-electron chi connectivity index (χ2n) is 5.51. The number of amides is 3. The zero-order valence-corrected chi connectivity index (χ0v) is 14.3. The first-order valence-electron chi connectivity index (χ1n) is 7.96. The number of urea groups is 1. The largest absolute Gasteiger partial charge is 0.336 e. The standard InChI is InChI=1S/C18H18FN3O2S/c19-15-3-1-2-4-16(15)25-12-9-17(23)21-13-5-7-14(8-6-13)22-11-10-20-18(22)24/h1-8H,9-12H2,(H,20,24)(H,21,23). The summed E-state index contributed by atoms with van der Waals surface area (Å²) in [5.41, 5.74) is 1.47. The maximum atomic E-state index is 13.5. The van der Waals surface area contributed by atoms with Gasteiger partial charge in [-0.3, -0.25) is 9.69 Å². The molecule has 1 fully saturated rings. The number of hydrogen-bond donors (Lipinski definition) is 2. The molecule has 0 radical (unpaired) electrons. The van der Waals surface area contributed by atoms with E-state index >= 15 is 0 Å². The smallest absolute Gasteiger partial charge is 0.321 e. The van der Waals surface area contributed by atoms with Crippen molar-refractivity contribution in [2.45, 2.75) is 11.3 Å². The van der Waals surface area contributed by atoms with Crippen LogP contribution in [0.2, 0.25) is 0 Å². The Morgan fingerprint density at radius 1 is 1.20 bits per heavy atom. The van der Waals surface area contributed by atoms with E-state index in [1.807, 2.05) is 0 Å². The van der Waals surface area contributed by atoms with Gasteiger partial charge in [-0.25, -0.2) is 9.18 Å². The lowest BCUT2D eigenvalue weighted by Gasteiger charge is -2.14. The summed E-state index contributed by atoms with van der Waals surface area (Å²) >= 11 is 1.32. The van der Waals surface area contributed by atoms with Crippen molar-refractivity contribution >= 4 is 35.1 Å². The Hall–Kier alpha value is -2.54. The average molecular weight is 359 g/mol. The third kappa shape index (κ3) is 4.51. The SMILES string of the molecule is O=C(CCSc1ccccc1F)Nc1ccc(N2CCNC2=O)cc1. The number of benzene rings is 2.